The summed E-state index contributed by atoms with van der Waals surface area (Å²) in [5.41, 5.74) is 1.47. The minimum atomic E-state index is -0.468. The molecule has 1 aromatic carbocycles. The number of pyridine rings is 1. The van der Waals surface area contributed by atoms with E-state index in [1.807, 2.05) is 18.2 Å². The Balaban J connectivity index is 1.74. The molecule has 2 heterocycles. The van der Waals surface area contributed by atoms with Gasteiger partial charge in [-0.05, 0) is 18.6 Å². The fourth-order valence-corrected chi connectivity index (χ4v) is 2.30. The number of hydrogen-bond acceptors (Lipinski definition) is 7. The van der Waals surface area contributed by atoms with Crippen LogP contribution in [0.1, 0.15) is 12.3 Å². The third-order valence-corrected chi connectivity index (χ3v) is 3.44. The van der Waals surface area contributed by atoms with Crippen LogP contribution in [0.3, 0.4) is 0 Å². The SMILES string of the molecule is COC(=O)NCCCc1nc(-c2cccc3ncc(O)cc23)no1. The van der Waals surface area contributed by atoms with Crippen LogP contribution in [0, 0.1) is 0 Å². The molecule has 0 aliphatic carbocycles. The standard InChI is InChI=1S/C16H16N4O4/c1-23-16(22)17-7-3-6-14-19-15(20-24-14)11-4-2-5-13-12(11)8-10(21)9-18-13/h2,4-5,8-9,21H,3,6-7H2,1H3,(H,17,22). The van der Waals surface area contributed by atoms with Gasteiger partial charge in [-0.2, -0.15) is 4.98 Å². The number of aromatic hydroxyl groups is 1. The van der Waals surface area contributed by atoms with Gasteiger partial charge in [-0.1, -0.05) is 17.3 Å². The lowest BCUT2D eigenvalue weighted by atomic mass is 10.1. The Hall–Kier alpha value is -3.16. The monoisotopic (exact) mass is 328 g/mol. The van der Waals surface area contributed by atoms with Gasteiger partial charge < -0.3 is 19.7 Å². The maximum atomic E-state index is 11.0. The van der Waals surface area contributed by atoms with E-state index in [1.54, 1.807) is 6.07 Å². The van der Waals surface area contributed by atoms with Crippen LogP contribution < -0.4 is 5.32 Å². The predicted molar refractivity (Wildman–Crippen MR) is 85.4 cm³/mol. The third-order valence-electron chi connectivity index (χ3n) is 3.44. The summed E-state index contributed by atoms with van der Waals surface area (Å²) in [6, 6.07) is 7.15. The zero-order valence-corrected chi connectivity index (χ0v) is 13.0. The highest BCUT2D eigenvalue weighted by Gasteiger charge is 2.12. The summed E-state index contributed by atoms with van der Waals surface area (Å²) in [6.07, 6.45) is 2.10. The Morgan fingerprint density at radius 2 is 2.29 bits per heavy atom. The first-order valence-electron chi connectivity index (χ1n) is 7.40. The van der Waals surface area contributed by atoms with Gasteiger partial charge in [0.05, 0.1) is 18.8 Å². The van der Waals surface area contributed by atoms with Crippen molar-refractivity contribution in [1.29, 1.82) is 0 Å². The second kappa shape index (κ2) is 6.95. The average Bonchev–Trinajstić information content (AvgIpc) is 3.06. The van der Waals surface area contributed by atoms with E-state index in [1.165, 1.54) is 13.3 Å². The molecule has 0 fully saturated rings. The Morgan fingerprint density at radius 3 is 3.12 bits per heavy atom. The molecule has 0 aliphatic rings. The van der Waals surface area contributed by atoms with Crippen molar-refractivity contribution in [3.8, 4) is 17.1 Å². The molecule has 1 amide bonds. The summed E-state index contributed by atoms with van der Waals surface area (Å²) >= 11 is 0. The van der Waals surface area contributed by atoms with Gasteiger partial charge in [-0.25, -0.2) is 4.79 Å². The Labute approximate surface area is 137 Å². The van der Waals surface area contributed by atoms with E-state index >= 15 is 0 Å². The van der Waals surface area contributed by atoms with Crippen molar-refractivity contribution < 1.29 is 19.2 Å². The molecule has 0 bridgehead atoms. The van der Waals surface area contributed by atoms with Gasteiger partial charge in [-0.3, -0.25) is 4.98 Å². The summed E-state index contributed by atoms with van der Waals surface area (Å²) < 4.78 is 9.73. The van der Waals surface area contributed by atoms with Gasteiger partial charge in [-0.15, -0.1) is 0 Å². The lowest BCUT2D eigenvalue weighted by Crippen LogP contribution is -2.24. The van der Waals surface area contributed by atoms with Crippen LogP contribution in [0.15, 0.2) is 35.0 Å². The molecule has 0 radical (unpaired) electrons. The first-order valence-corrected chi connectivity index (χ1v) is 7.40. The van der Waals surface area contributed by atoms with Gasteiger partial charge in [0.1, 0.15) is 5.75 Å². The molecule has 0 aliphatic heterocycles. The fraction of sp³-hybridized carbons (Fsp3) is 0.250. The average molecular weight is 328 g/mol. The maximum Gasteiger partial charge on any atom is 0.406 e. The second-order valence-electron chi connectivity index (χ2n) is 5.10. The van der Waals surface area contributed by atoms with E-state index in [2.05, 4.69) is 25.2 Å². The number of aryl methyl sites for hydroxylation is 1. The van der Waals surface area contributed by atoms with Gasteiger partial charge in [0.25, 0.3) is 0 Å². The van der Waals surface area contributed by atoms with E-state index in [-0.39, 0.29) is 5.75 Å². The van der Waals surface area contributed by atoms with Crippen molar-refractivity contribution in [3.05, 3.63) is 36.4 Å². The van der Waals surface area contributed by atoms with Gasteiger partial charge in [0, 0.05) is 23.9 Å². The quantitative estimate of drug-likeness (QED) is 0.691. The number of amides is 1. The molecule has 0 spiro atoms. The van der Waals surface area contributed by atoms with Crippen LogP contribution in [-0.2, 0) is 11.2 Å². The molecule has 8 heteroatoms. The van der Waals surface area contributed by atoms with Crippen LogP contribution in [0.25, 0.3) is 22.3 Å². The number of nitrogens with zero attached hydrogens (tertiary/aromatic N) is 3. The van der Waals surface area contributed by atoms with Crippen LogP contribution in [0.2, 0.25) is 0 Å². The summed E-state index contributed by atoms with van der Waals surface area (Å²) in [4.78, 5) is 19.5. The molecule has 2 N–H and O–H groups in total. The van der Waals surface area contributed by atoms with E-state index < -0.39 is 6.09 Å². The number of aromatic nitrogens is 3. The smallest absolute Gasteiger partial charge is 0.406 e. The maximum absolute atomic E-state index is 11.0. The Bertz CT molecular complexity index is 862. The molecule has 2 aromatic heterocycles. The molecule has 3 rings (SSSR count). The highest BCUT2D eigenvalue weighted by atomic mass is 16.5. The van der Waals surface area contributed by atoms with Crippen LogP contribution in [0.4, 0.5) is 4.79 Å². The number of benzene rings is 1. The van der Waals surface area contributed by atoms with Gasteiger partial charge >= 0.3 is 6.09 Å². The molecule has 3 aromatic rings. The summed E-state index contributed by atoms with van der Waals surface area (Å²) in [5, 5.41) is 17.0. The Morgan fingerprint density at radius 1 is 1.42 bits per heavy atom. The molecule has 0 saturated carbocycles. The van der Waals surface area contributed by atoms with Crippen LogP contribution in [0.5, 0.6) is 5.75 Å². The largest absolute Gasteiger partial charge is 0.506 e. The van der Waals surface area contributed by atoms with Crippen molar-refractivity contribution in [2.45, 2.75) is 12.8 Å². The first-order chi connectivity index (χ1) is 11.7. The lowest BCUT2D eigenvalue weighted by Gasteiger charge is -2.02. The highest BCUT2D eigenvalue weighted by Crippen LogP contribution is 2.27. The first kappa shape index (κ1) is 15.7. The topological polar surface area (TPSA) is 110 Å². The van der Waals surface area contributed by atoms with Crippen molar-refractivity contribution in [1.82, 2.24) is 20.4 Å². The fourth-order valence-electron chi connectivity index (χ4n) is 2.30. The third kappa shape index (κ3) is 3.43. The predicted octanol–water partition coefficient (Wildman–Crippen LogP) is 2.28. The second-order valence-corrected chi connectivity index (χ2v) is 5.10. The number of alkyl carbamates (subject to hydrolysis) is 1. The lowest BCUT2D eigenvalue weighted by molar-refractivity contribution is 0.171. The minimum Gasteiger partial charge on any atom is -0.506 e. The normalized spacial score (nSPS) is 10.7. The van der Waals surface area contributed by atoms with E-state index in [0.717, 1.165) is 16.5 Å². The van der Waals surface area contributed by atoms with Crippen LogP contribution >= 0.6 is 0 Å². The molecule has 0 unspecified atom stereocenters. The zero-order valence-electron chi connectivity index (χ0n) is 13.0. The molecular weight excluding hydrogens is 312 g/mol. The van der Waals surface area contributed by atoms with Crippen molar-refractivity contribution in [2.75, 3.05) is 13.7 Å². The van der Waals surface area contributed by atoms with Gasteiger partial charge in [0.2, 0.25) is 11.7 Å². The number of rotatable bonds is 5. The van der Waals surface area contributed by atoms with Crippen molar-refractivity contribution in [2.24, 2.45) is 0 Å². The van der Waals surface area contributed by atoms with E-state index in [0.29, 0.717) is 31.1 Å². The summed E-state index contributed by atoms with van der Waals surface area (Å²) in [5.74, 6) is 0.985. The summed E-state index contributed by atoms with van der Waals surface area (Å²) in [7, 11) is 1.32. The Kier molecular flexibility index (Phi) is 4.55. The number of nitrogens with one attached hydrogen (secondary N) is 1. The summed E-state index contributed by atoms with van der Waals surface area (Å²) in [6.45, 7) is 0.455. The molecule has 0 saturated heterocycles. The van der Waals surface area contributed by atoms with Gasteiger partial charge in [0.15, 0.2) is 0 Å². The zero-order chi connectivity index (χ0) is 16.9. The minimum absolute atomic E-state index is 0.0764. The van der Waals surface area contributed by atoms with E-state index in [9.17, 15) is 9.90 Å². The molecule has 124 valence electrons. The molecule has 24 heavy (non-hydrogen) atoms. The molecular formula is C16H16N4O4. The molecule has 0 atom stereocenters. The number of methoxy groups -OCH3 is 1. The van der Waals surface area contributed by atoms with Crippen LogP contribution in [-0.4, -0.2) is 40.0 Å². The van der Waals surface area contributed by atoms with E-state index in [4.69, 9.17) is 4.52 Å². The molecule has 8 nitrogen and oxygen atoms in total. The number of carbonyl (C=O) groups is 1. The number of hydrogen-bond donors (Lipinski definition) is 2. The van der Waals surface area contributed by atoms with Crippen molar-refractivity contribution in [3.63, 3.8) is 0 Å². The number of carbonyl (C=O) groups excluding carboxylic acids is 1. The number of ether oxygens (including phenoxy) is 1. The highest BCUT2D eigenvalue weighted by molar-refractivity contribution is 5.93. The van der Waals surface area contributed by atoms with Crippen molar-refractivity contribution >= 4 is 17.0 Å². The number of fused-ring (bicyclic) bond motifs is 1.